The minimum atomic E-state index is -0.497. The molecule has 0 amide bonds. The quantitative estimate of drug-likeness (QED) is 0.515. The molecule has 1 aromatic heterocycles. The summed E-state index contributed by atoms with van der Waals surface area (Å²) in [6.07, 6.45) is 0. The number of halogens is 3. The number of hydrogen-bond donors (Lipinski definition) is 1. The largest absolute Gasteiger partial charge is 0.423 e. The third-order valence-corrected chi connectivity index (χ3v) is 5.28. The molecule has 0 unspecified atom stereocenters. The second-order valence-electron chi connectivity index (χ2n) is 6.54. The van der Waals surface area contributed by atoms with E-state index in [1.54, 1.807) is 0 Å². The first-order valence-corrected chi connectivity index (χ1v) is 9.03. The Hall–Kier alpha value is -1.88. The predicted octanol–water partition coefficient (Wildman–Crippen LogP) is 4.68. The number of nitrogens with two attached hydrogens (primary N) is 1. The maximum atomic E-state index is 13.8. The molecular weight excluding hydrogens is 376 g/mol. The molecule has 0 fully saturated rings. The normalized spacial score (nSPS) is 12.5. The topological polar surface area (TPSA) is 46.8 Å². The van der Waals surface area contributed by atoms with Crippen LogP contribution in [-0.4, -0.2) is 0 Å². The van der Waals surface area contributed by atoms with E-state index in [0.717, 1.165) is 22.1 Å². The first-order chi connectivity index (χ1) is 12.3. The van der Waals surface area contributed by atoms with Gasteiger partial charge in [-0.05, 0) is 56.2 Å². The molecule has 136 valence electrons. The van der Waals surface area contributed by atoms with Crippen molar-refractivity contribution in [2.24, 2.45) is 0 Å². The average Bonchev–Trinajstić information content (AvgIpc) is 2.57. The SMILES string of the molecule is Cc1cc2oc(=O)cc(C[NH2+][C@H](C)c3cc(F)c(Cl)cc3Cl)c2cc1C. The van der Waals surface area contributed by atoms with E-state index in [4.69, 9.17) is 27.6 Å². The van der Waals surface area contributed by atoms with E-state index < -0.39 is 5.82 Å². The molecule has 3 aromatic rings. The zero-order valence-electron chi connectivity index (χ0n) is 14.7. The predicted molar refractivity (Wildman–Crippen MR) is 102 cm³/mol. The Morgan fingerprint density at radius 3 is 2.50 bits per heavy atom. The Labute approximate surface area is 160 Å². The van der Waals surface area contributed by atoms with Gasteiger partial charge in [0.05, 0.1) is 10.0 Å². The van der Waals surface area contributed by atoms with Crippen LogP contribution >= 0.6 is 23.2 Å². The lowest BCUT2D eigenvalue weighted by Gasteiger charge is -2.14. The van der Waals surface area contributed by atoms with E-state index in [-0.39, 0.29) is 16.7 Å². The lowest BCUT2D eigenvalue weighted by Crippen LogP contribution is -2.83. The summed E-state index contributed by atoms with van der Waals surface area (Å²) >= 11 is 12.0. The number of fused-ring (bicyclic) bond motifs is 1. The fraction of sp³-hybridized carbons (Fsp3) is 0.250. The smallest absolute Gasteiger partial charge is 0.336 e. The summed E-state index contributed by atoms with van der Waals surface area (Å²) in [5.41, 5.74) is 3.92. The van der Waals surface area contributed by atoms with Crippen LogP contribution in [0.1, 0.15) is 35.2 Å². The second-order valence-corrected chi connectivity index (χ2v) is 7.35. The molecule has 26 heavy (non-hydrogen) atoms. The Morgan fingerprint density at radius 1 is 1.08 bits per heavy atom. The number of rotatable bonds is 4. The molecule has 0 spiro atoms. The van der Waals surface area contributed by atoms with Crippen LogP contribution in [0, 0.1) is 19.7 Å². The van der Waals surface area contributed by atoms with E-state index in [9.17, 15) is 9.18 Å². The van der Waals surface area contributed by atoms with Gasteiger partial charge in [0.1, 0.15) is 24.0 Å². The molecule has 3 nitrogen and oxygen atoms in total. The van der Waals surface area contributed by atoms with Crippen molar-refractivity contribution in [2.75, 3.05) is 0 Å². The summed E-state index contributed by atoms with van der Waals surface area (Å²) in [7, 11) is 0. The van der Waals surface area contributed by atoms with Gasteiger partial charge in [-0.15, -0.1) is 0 Å². The molecule has 0 saturated carbocycles. The molecule has 0 aliphatic carbocycles. The minimum absolute atomic E-state index is 0.00320. The highest BCUT2D eigenvalue weighted by molar-refractivity contribution is 6.35. The summed E-state index contributed by atoms with van der Waals surface area (Å²) in [5, 5.41) is 3.33. The Bertz CT molecular complexity index is 1050. The Kier molecular flexibility index (Phi) is 5.37. The standard InChI is InChI=1S/C20H18Cl2FNO2/c1-10-4-15-13(6-20(25)26-19(15)5-11(10)2)9-24-12(3)14-7-18(23)17(22)8-16(14)21/h4-8,12,24H,9H2,1-3H3/p+1/t12-/m1/s1. The highest BCUT2D eigenvalue weighted by atomic mass is 35.5. The van der Waals surface area contributed by atoms with E-state index in [0.29, 0.717) is 22.7 Å². The van der Waals surface area contributed by atoms with Crippen LogP contribution in [0.3, 0.4) is 0 Å². The van der Waals surface area contributed by atoms with Crippen molar-refractivity contribution in [1.29, 1.82) is 0 Å². The summed E-state index contributed by atoms with van der Waals surface area (Å²) in [5.74, 6) is -0.497. The van der Waals surface area contributed by atoms with Gasteiger partial charge in [0, 0.05) is 22.6 Å². The number of aryl methyl sites for hydroxylation is 2. The minimum Gasteiger partial charge on any atom is -0.423 e. The van der Waals surface area contributed by atoms with Crippen molar-refractivity contribution >= 4 is 34.2 Å². The third-order valence-electron chi connectivity index (χ3n) is 4.67. The van der Waals surface area contributed by atoms with Crippen molar-refractivity contribution in [3.63, 3.8) is 0 Å². The third kappa shape index (κ3) is 3.78. The van der Waals surface area contributed by atoms with E-state index >= 15 is 0 Å². The molecule has 3 rings (SSSR count). The van der Waals surface area contributed by atoms with Gasteiger partial charge in [-0.3, -0.25) is 0 Å². The Balaban J connectivity index is 1.91. The van der Waals surface area contributed by atoms with Crippen LogP contribution in [0.15, 0.2) is 39.5 Å². The molecule has 0 bridgehead atoms. The van der Waals surface area contributed by atoms with Gasteiger partial charge in [-0.25, -0.2) is 9.18 Å². The van der Waals surface area contributed by atoms with Gasteiger partial charge in [0.2, 0.25) is 0 Å². The van der Waals surface area contributed by atoms with Gasteiger partial charge in [-0.1, -0.05) is 23.2 Å². The molecular formula is C20H19Cl2FNO2+. The summed E-state index contributed by atoms with van der Waals surface area (Å²) < 4.78 is 19.1. The van der Waals surface area contributed by atoms with Gasteiger partial charge >= 0.3 is 5.63 Å². The second kappa shape index (κ2) is 7.39. The molecule has 0 radical (unpaired) electrons. The molecule has 0 aliphatic heterocycles. The van der Waals surface area contributed by atoms with Crippen LogP contribution < -0.4 is 10.9 Å². The first-order valence-electron chi connectivity index (χ1n) is 8.28. The molecule has 0 saturated heterocycles. The van der Waals surface area contributed by atoms with Crippen LogP contribution in [0.25, 0.3) is 11.0 Å². The summed E-state index contributed by atoms with van der Waals surface area (Å²) in [6, 6.07) is 8.07. The van der Waals surface area contributed by atoms with Crippen LogP contribution in [0.4, 0.5) is 4.39 Å². The van der Waals surface area contributed by atoms with Gasteiger partial charge in [-0.2, -0.15) is 0 Å². The lowest BCUT2D eigenvalue weighted by molar-refractivity contribution is -0.707. The molecule has 0 aliphatic rings. The fourth-order valence-electron chi connectivity index (χ4n) is 2.97. The van der Waals surface area contributed by atoms with Crippen molar-refractivity contribution in [2.45, 2.75) is 33.4 Å². The molecule has 1 heterocycles. The molecule has 1 atom stereocenters. The maximum absolute atomic E-state index is 13.8. The van der Waals surface area contributed by atoms with Crippen molar-refractivity contribution < 1.29 is 14.1 Å². The van der Waals surface area contributed by atoms with E-state index in [1.807, 2.05) is 38.2 Å². The summed E-state index contributed by atoms with van der Waals surface area (Å²) in [6.45, 7) is 6.46. The first kappa shape index (κ1) is 18.9. The van der Waals surface area contributed by atoms with E-state index in [1.165, 1.54) is 18.2 Å². The zero-order valence-corrected chi connectivity index (χ0v) is 16.2. The lowest BCUT2D eigenvalue weighted by atomic mass is 10.0. The van der Waals surface area contributed by atoms with Crippen molar-refractivity contribution in [1.82, 2.24) is 0 Å². The fourth-order valence-corrected chi connectivity index (χ4v) is 3.52. The molecule has 2 aromatic carbocycles. The zero-order chi connectivity index (χ0) is 19.0. The van der Waals surface area contributed by atoms with E-state index in [2.05, 4.69) is 0 Å². The Morgan fingerprint density at radius 2 is 1.77 bits per heavy atom. The number of hydrogen-bond acceptors (Lipinski definition) is 2. The highest BCUT2D eigenvalue weighted by Gasteiger charge is 2.17. The van der Waals surface area contributed by atoms with Crippen molar-refractivity contribution in [3.8, 4) is 0 Å². The summed E-state index contributed by atoms with van der Waals surface area (Å²) in [4.78, 5) is 11.9. The van der Waals surface area contributed by atoms with Crippen LogP contribution in [0.2, 0.25) is 10.0 Å². The van der Waals surface area contributed by atoms with Crippen LogP contribution in [-0.2, 0) is 6.54 Å². The number of benzene rings is 2. The maximum Gasteiger partial charge on any atom is 0.336 e. The highest BCUT2D eigenvalue weighted by Crippen LogP contribution is 2.27. The van der Waals surface area contributed by atoms with Crippen LogP contribution in [0.5, 0.6) is 0 Å². The molecule has 6 heteroatoms. The molecule has 2 N–H and O–H groups in total. The van der Waals surface area contributed by atoms with Gasteiger partial charge in [0.25, 0.3) is 0 Å². The van der Waals surface area contributed by atoms with Gasteiger partial charge in [0.15, 0.2) is 0 Å². The van der Waals surface area contributed by atoms with Crippen molar-refractivity contribution in [3.05, 3.63) is 78.9 Å². The average molecular weight is 395 g/mol. The number of quaternary nitrogens is 1. The monoisotopic (exact) mass is 394 g/mol. The van der Waals surface area contributed by atoms with Gasteiger partial charge < -0.3 is 9.73 Å².